The van der Waals surface area contributed by atoms with E-state index >= 15 is 0 Å². The Morgan fingerprint density at radius 1 is 1.22 bits per heavy atom. The zero-order valence-corrected chi connectivity index (χ0v) is 9.88. The smallest absolute Gasteiger partial charge is 0.228 e. The van der Waals surface area contributed by atoms with Crippen molar-refractivity contribution in [3.63, 3.8) is 0 Å². The molecule has 0 fully saturated rings. The number of benzene rings is 1. The molecule has 0 spiro atoms. The van der Waals surface area contributed by atoms with Crippen molar-refractivity contribution in [3.8, 4) is 0 Å². The van der Waals surface area contributed by atoms with Crippen LogP contribution in [0.3, 0.4) is 0 Å². The zero-order valence-electron chi connectivity index (χ0n) is 9.88. The molecule has 18 heavy (non-hydrogen) atoms. The minimum absolute atomic E-state index is 0.105. The van der Waals surface area contributed by atoms with Gasteiger partial charge >= 0.3 is 0 Å². The molecule has 2 heterocycles. The highest BCUT2D eigenvalue weighted by Crippen LogP contribution is 2.21. The molecule has 3 nitrogen and oxygen atoms in total. The van der Waals surface area contributed by atoms with Crippen molar-refractivity contribution in [2.24, 2.45) is 0 Å². The Morgan fingerprint density at radius 2 is 2.06 bits per heavy atom. The topological polar surface area (TPSA) is 43.1 Å². The molecule has 0 atom stereocenters. The first-order valence-electron chi connectivity index (χ1n) is 5.69. The van der Waals surface area contributed by atoms with Crippen LogP contribution in [0, 0.1) is 6.92 Å². The molecule has 0 amide bonds. The van der Waals surface area contributed by atoms with Gasteiger partial charge in [-0.15, -0.1) is 0 Å². The first-order chi connectivity index (χ1) is 8.75. The largest absolute Gasteiger partial charge is 0.453 e. The van der Waals surface area contributed by atoms with E-state index in [9.17, 15) is 4.79 Å². The fraction of sp³-hybridized carbons (Fsp3) is 0.0667. The molecule has 1 aromatic carbocycles. The molecular weight excluding hydrogens is 226 g/mol. The molecule has 2 aromatic heterocycles. The van der Waals surface area contributed by atoms with E-state index in [-0.39, 0.29) is 5.78 Å². The van der Waals surface area contributed by atoms with Crippen LogP contribution in [-0.4, -0.2) is 10.8 Å². The number of aryl methyl sites for hydroxylation is 1. The van der Waals surface area contributed by atoms with Crippen LogP contribution in [0.1, 0.15) is 21.7 Å². The maximum Gasteiger partial charge on any atom is 0.228 e. The second-order valence-corrected chi connectivity index (χ2v) is 4.17. The summed E-state index contributed by atoms with van der Waals surface area (Å²) in [7, 11) is 0. The Hall–Kier alpha value is -2.42. The quantitative estimate of drug-likeness (QED) is 0.642. The van der Waals surface area contributed by atoms with Gasteiger partial charge in [-0.25, -0.2) is 0 Å². The number of nitrogens with zero attached hydrogens (tertiary/aromatic N) is 1. The monoisotopic (exact) mass is 237 g/mol. The van der Waals surface area contributed by atoms with Gasteiger partial charge in [0.2, 0.25) is 5.78 Å². The second-order valence-electron chi connectivity index (χ2n) is 4.17. The van der Waals surface area contributed by atoms with E-state index in [1.807, 2.05) is 31.2 Å². The van der Waals surface area contributed by atoms with Gasteiger partial charge in [-0.2, -0.15) is 0 Å². The molecule has 3 rings (SSSR count). The second kappa shape index (κ2) is 4.11. The van der Waals surface area contributed by atoms with Crippen molar-refractivity contribution in [2.45, 2.75) is 6.92 Å². The minimum Gasteiger partial charge on any atom is -0.453 e. The minimum atomic E-state index is -0.105. The number of carbonyl (C=O) groups excluding carboxylic acids is 1. The van der Waals surface area contributed by atoms with E-state index in [2.05, 4.69) is 4.98 Å². The molecule has 3 heteroatoms. The van der Waals surface area contributed by atoms with E-state index < -0.39 is 0 Å². The number of hydrogen-bond acceptors (Lipinski definition) is 3. The van der Waals surface area contributed by atoms with Crippen LogP contribution in [0.4, 0.5) is 0 Å². The lowest BCUT2D eigenvalue weighted by Gasteiger charge is -2.00. The molecular formula is C15H11NO2. The molecule has 0 radical (unpaired) electrons. The number of ketones is 1. The average molecular weight is 237 g/mol. The summed E-state index contributed by atoms with van der Waals surface area (Å²) in [6.07, 6.45) is 3.29. The van der Waals surface area contributed by atoms with E-state index in [0.29, 0.717) is 11.3 Å². The molecule has 0 aliphatic heterocycles. The van der Waals surface area contributed by atoms with E-state index in [1.54, 1.807) is 24.5 Å². The van der Waals surface area contributed by atoms with Gasteiger partial charge in [0.1, 0.15) is 5.58 Å². The fourth-order valence-corrected chi connectivity index (χ4v) is 1.95. The Labute approximate surface area is 104 Å². The molecule has 3 aromatic rings. The van der Waals surface area contributed by atoms with Crippen LogP contribution < -0.4 is 0 Å². The predicted octanol–water partition coefficient (Wildman–Crippen LogP) is 3.37. The first-order valence-corrected chi connectivity index (χ1v) is 5.69. The molecule has 0 saturated heterocycles. The van der Waals surface area contributed by atoms with Gasteiger partial charge in [0.25, 0.3) is 0 Å². The van der Waals surface area contributed by atoms with Crippen molar-refractivity contribution in [1.82, 2.24) is 4.98 Å². The van der Waals surface area contributed by atoms with Crippen LogP contribution in [0.5, 0.6) is 0 Å². The van der Waals surface area contributed by atoms with Crippen LogP contribution in [0.2, 0.25) is 0 Å². The number of carbonyl (C=O) groups is 1. The van der Waals surface area contributed by atoms with E-state index in [0.717, 1.165) is 16.5 Å². The van der Waals surface area contributed by atoms with E-state index in [4.69, 9.17) is 4.42 Å². The molecule has 0 bridgehead atoms. The highest BCUT2D eigenvalue weighted by Gasteiger charge is 2.16. The molecule has 0 aliphatic carbocycles. The van der Waals surface area contributed by atoms with Crippen LogP contribution >= 0.6 is 0 Å². The average Bonchev–Trinajstić information content (AvgIpc) is 2.82. The summed E-state index contributed by atoms with van der Waals surface area (Å²) in [6.45, 7) is 1.86. The van der Waals surface area contributed by atoms with Gasteiger partial charge in [0.15, 0.2) is 5.76 Å². The van der Waals surface area contributed by atoms with Gasteiger partial charge in [-0.05, 0) is 30.7 Å². The summed E-state index contributed by atoms with van der Waals surface area (Å²) in [6, 6.07) is 11.1. The number of furan rings is 1. The highest BCUT2D eigenvalue weighted by atomic mass is 16.3. The lowest BCUT2D eigenvalue weighted by Crippen LogP contribution is -2.02. The Bertz CT molecular complexity index is 695. The third-order valence-corrected chi connectivity index (χ3v) is 2.91. The summed E-state index contributed by atoms with van der Waals surface area (Å²) in [5.74, 6) is 0.261. The highest BCUT2D eigenvalue weighted by molar-refractivity contribution is 6.09. The summed E-state index contributed by atoms with van der Waals surface area (Å²) >= 11 is 0. The van der Waals surface area contributed by atoms with Crippen molar-refractivity contribution >= 4 is 16.8 Å². The number of aromatic nitrogens is 1. The third kappa shape index (κ3) is 1.70. The fourth-order valence-electron chi connectivity index (χ4n) is 1.95. The van der Waals surface area contributed by atoms with Gasteiger partial charge in [0, 0.05) is 23.3 Å². The number of pyridine rings is 1. The van der Waals surface area contributed by atoms with Crippen molar-refractivity contribution < 1.29 is 9.21 Å². The van der Waals surface area contributed by atoms with Crippen LogP contribution in [0.15, 0.2) is 53.2 Å². The standard InChI is InChI=1S/C15H11NO2/c1-10-9-16-7-6-12(10)15(17)14-8-11-4-2-3-5-13(11)18-14/h2-9H,1H3. The first kappa shape index (κ1) is 10.7. The SMILES string of the molecule is Cc1cnccc1C(=O)c1cc2ccccc2o1. The summed E-state index contributed by atoms with van der Waals surface area (Å²) in [5, 5.41) is 0.938. The number of para-hydroxylation sites is 1. The summed E-state index contributed by atoms with van der Waals surface area (Å²) < 4.78 is 5.57. The molecule has 0 saturated carbocycles. The number of hydrogen-bond donors (Lipinski definition) is 0. The number of rotatable bonds is 2. The molecule has 0 N–H and O–H groups in total. The van der Waals surface area contributed by atoms with Gasteiger partial charge < -0.3 is 4.42 Å². The zero-order chi connectivity index (χ0) is 12.5. The maximum absolute atomic E-state index is 12.3. The number of fused-ring (bicyclic) bond motifs is 1. The van der Waals surface area contributed by atoms with Crippen molar-refractivity contribution in [2.75, 3.05) is 0 Å². The Balaban J connectivity index is 2.10. The Kier molecular flexibility index (Phi) is 2.45. The van der Waals surface area contributed by atoms with Crippen molar-refractivity contribution in [1.29, 1.82) is 0 Å². The third-order valence-electron chi connectivity index (χ3n) is 2.91. The van der Waals surface area contributed by atoms with Crippen LogP contribution in [0.25, 0.3) is 11.0 Å². The lowest BCUT2D eigenvalue weighted by atomic mass is 10.1. The Morgan fingerprint density at radius 3 is 2.83 bits per heavy atom. The van der Waals surface area contributed by atoms with Crippen LogP contribution in [-0.2, 0) is 0 Å². The van der Waals surface area contributed by atoms with Crippen molar-refractivity contribution in [3.05, 3.63) is 65.7 Å². The normalized spacial score (nSPS) is 10.7. The maximum atomic E-state index is 12.3. The van der Waals surface area contributed by atoms with Gasteiger partial charge in [-0.1, -0.05) is 18.2 Å². The lowest BCUT2D eigenvalue weighted by molar-refractivity contribution is 0.101. The molecule has 88 valence electrons. The predicted molar refractivity (Wildman–Crippen MR) is 68.6 cm³/mol. The molecule has 0 aliphatic rings. The van der Waals surface area contributed by atoms with Gasteiger partial charge in [0.05, 0.1) is 0 Å². The summed E-state index contributed by atoms with van der Waals surface area (Å²) in [5.41, 5.74) is 2.21. The summed E-state index contributed by atoms with van der Waals surface area (Å²) in [4.78, 5) is 16.3. The van der Waals surface area contributed by atoms with Gasteiger partial charge in [-0.3, -0.25) is 9.78 Å². The van der Waals surface area contributed by atoms with E-state index in [1.165, 1.54) is 0 Å². The molecule has 0 unspecified atom stereocenters.